The highest BCUT2D eigenvalue weighted by Gasteiger charge is 2.05. The number of ether oxygens (including phenoxy) is 1. The number of thiophene rings is 1. The van der Waals surface area contributed by atoms with E-state index in [0.29, 0.717) is 4.88 Å². The SMILES string of the molecule is COC(=O)c1ccc(C)s1.O=S(Cl)Cl. The van der Waals surface area contributed by atoms with Gasteiger partial charge in [0.05, 0.1) is 7.11 Å². The van der Waals surface area contributed by atoms with Crippen LogP contribution in [0, 0.1) is 6.92 Å². The third-order valence-corrected chi connectivity index (χ3v) is 2.11. The molecule has 14 heavy (non-hydrogen) atoms. The summed E-state index contributed by atoms with van der Waals surface area (Å²) in [6.45, 7) is 1.96. The Bertz CT molecular complexity index is 320. The molecule has 0 aromatic carbocycles. The molecule has 0 saturated heterocycles. The van der Waals surface area contributed by atoms with Gasteiger partial charge in [0.2, 0.25) is 9.23 Å². The van der Waals surface area contributed by atoms with Crippen molar-refractivity contribution in [2.75, 3.05) is 7.11 Å². The average Bonchev–Trinajstić information content (AvgIpc) is 2.49. The van der Waals surface area contributed by atoms with E-state index in [4.69, 9.17) is 4.21 Å². The molecule has 0 spiro atoms. The Morgan fingerprint density at radius 3 is 2.29 bits per heavy atom. The van der Waals surface area contributed by atoms with E-state index < -0.39 is 9.23 Å². The monoisotopic (exact) mass is 274 g/mol. The molecule has 1 aromatic heterocycles. The van der Waals surface area contributed by atoms with Crippen LogP contribution in [0.1, 0.15) is 14.5 Å². The molecule has 0 saturated carbocycles. The first-order chi connectivity index (χ1) is 6.47. The van der Waals surface area contributed by atoms with Crippen LogP contribution < -0.4 is 0 Å². The topological polar surface area (TPSA) is 43.4 Å². The lowest BCUT2D eigenvalue weighted by atomic mass is 10.4. The Balaban J connectivity index is 0.000000364. The summed E-state index contributed by atoms with van der Waals surface area (Å²) >= 11 is 1.45. The van der Waals surface area contributed by atoms with Crippen molar-refractivity contribution in [1.82, 2.24) is 0 Å². The summed E-state index contributed by atoms with van der Waals surface area (Å²) in [6.07, 6.45) is 0. The molecule has 7 heteroatoms. The molecule has 0 radical (unpaired) electrons. The third-order valence-electron chi connectivity index (χ3n) is 1.13. The average molecular weight is 275 g/mol. The Morgan fingerprint density at radius 1 is 1.50 bits per heavy atom. The minimum atomic E-state index is -1.67. The van der Waals surface area contributed by atoms with Gasteiger partial charge >= 0.3 is 5.97 Å². The van der Waals surface area contributed by atoms with Gasteiger partial charge in [0.15, 0.2) is 0 Å². The summed E-state index contributed by atoms with van der Waals surface area (Å²) in [7, 11) is 8.74. The van der Waals surface area contributed by atoms with Gasteiger partial charge in [0, 0.05) is 26.2 Å². The van der Waals surface area contributed by atoms with E-state index >= 15 is 0 Å². The van der Waals surface area contributed by atoms with Crippen molar-refractivity contribution in [2.24, 2.45) is 0 Å². The van der Waals surface area contributed by atoms with E-state index in [2.05, 4.69) is 26.1 Å². The zero-order valence-electron chi connectivity index (χ0n) is 7.45. The molecule has 1 rings (SSSR count). The van der Waals surface area contributed by atoms with Crippen molar-refractivity contribution in [1.29, 1.82) is 0 Å². The normalized spacial score (nSPS) is 9.21. The summed E-state index contributed by atoms with van der Waals surface area (Å²) in [5.41, 5.74) is 0. The minimum Gasteiger partial charge on any atom is -0.465 e. The van der Waals surface area contributed by atoms with Crippen LogP contribution in [-0.2, 0) is 14.0 Å². The van der Waals surface area contributed by atoms with Crippen LogP contribution >= 0.6 is 32.7 Å². The third kappa shape index (κ3) is 6.37. The van der Waals surface area contributed by atoms with Gasteiger partial charge in [-0.2, -0.15) is 0 Å². The lowest BCUT2D eigenvalue weighted by molar-refractivity contribution is 0.0606. The molecule has 0 bridgehead atoms. The molecule has 1 aromatic rings. The molecular formula is C7H8Cl2O3S2. The predicted octanol–water partition coefficient (Wildman–Crippen LogP) is 2.89. The second-order valence-electron chi connectivity index (χ2n) is 2.09. The fraction of sp³-hybridized carbons (Fsp3) is 0.286. The quantitative estimate of drug-likeness (QED) is 0.584. The highest BCUT2D eigenvalue weighted by atomic mass is 36.0. The number of halogens is 2. The van der Waals surface area contributed by atoms with E-state index in [-0.39, 0.29) is 5.97 Å². The van der Waals surface area contributed by atoms with Crippen LogP contribution in [0.5, 0.6) is 0 Å². The summed E-state index contributed by atoms with van der Waals surface area (Å²) < 4.78 is 13.6. The van der Waals surface area contributed by atoms with Crippen LogP contribution in [0.15, 0.2) is 12.1 Å². The van der Waals surface area contributed by atoms with Crippen LogP contribution in [0.3, 0.4) is 0 Å². The molecular weight excluding hydrogens is 267 g/mol. The zero-order valence-corrected chi connectivity index (χ0v) is 10.6. The molecule has 0 fully saturated rings. The van der Waals surface area contributed by atoms with Gasteiger partial charge in [-0.1, -0.05) is 0 Å². The smallest absolute Gasteiger partial charge is 0.348 e. The number of hydrogen-bond acceptors (Lipinski definition) is 4. The molecule has 0 unspecified atom stereocenters. The molecule has 0 atom stereocenters. The number of carbonyl (C=O) groups is 1. The molecule has 3 nitrogen and oxygen atoms in total. The van der Waals surface area contributed by atoms with Crippen molar-refractivity contribution in [3.05, 3.63) is 21.9 Å². The van der Waals surface area contributed by atoms with Gasteiger partial charge < -0.3 is 4.74 Å². The first-order valence-electron chi connectivity index (χ1n) is 3.36. The molecule has 0 aliphatic carbocycles. The van der Waals surface area contributed by atoms with Gasteiger partial charge in [-0.25, -0.2) is 9.00 Å². The molecule has 0 aliphatic heterocycles. The van der Waals surface area contributed by atoms with Crippen molar-refractivity contribution < 1.29 is 13.7 Å². The Labute approximate surface area is 97.4 Å². The summed E-state index contributed by atoms with van der Waals surface area (Å²) in [6, 6.07) is 3.67. The van der Waals surface area contributed by atoms with Gasteiger partial charge in [-0.3, -0.25) is 0 Å². The summed E-state index contributed by atoms with van der Waals surface area (Å²) in [5.74, 6) is -0.252. The summed E-state index contributed by atoms with van der Waals surface area (Å²) in [5, 5.41) is 0. The standard InChI is InChI=1S/C7H8O2S.Cl2OS/c1-5-3-4-6(10-5)7(8)9-2;1-4(2)3/h3-4H,1-2H3;. The van der Waals surface area contributed by atoms with E-state index in [1.807, 2.05) is 13.0 Å². The lowest BCUT2D eigenvalue weighted by Gasteiger charge is -1.90. The number of carbonyl (C=O) groups excluding carboxylic acids is 1. The van der Waals surface area contributed by atoms with Crippen LogP contribution in [0.25, 0.3) is 0 Å². The fourth-order valence-electron chi connectivity index (χ4n) is 0.645. The maximum Gasteiger partial charge on any atom is 0.348 e. The largest absolute Gasteiger partial charge is 0.465 e. The lowest BCUT2D eigenvalue weighted by Crippen LogP contribution is -1.96. The molecule has 80 valence electrons. The van der Waals surface area contributed by atoms with E-state index in [9.17, 15) is 4.79 Å². The van der Waals surface area contributed by atoms with Crippen molar-refractivity contribution in [3.8, 4) is 0 Å². The highest BCUT2D eigenvalue weighted by molar-refractivity contribution is 8.26. The van der Waals surface area contributed by atoms with Crippen LogP contribution in [-0.4, -0.2) is 17.3 Å². The molecule has 0 aliphatic rings. The maximum atomic E-state index is 10.8. The predicted molar refractivity (Wildman–Crippen MR) is 60.2 cm³/mol. The number of hydrogen-bond donors (Lipinski definition) is 0. The van der Waals surface area contributed by atoms with E-state index in [0.717, 1.165) is 4.88 Å². The van der Waals surface area contributed by atoms with Gasteiger partial charge in [-0.15, -0.1) is 11.3 Å². The fourth-order valence-corrected chi connectivity index (χ4v) is 1.43. The van der Waals surface area contributed by atoms with Crippen molar-refractivity contribution >= 4 is 47.9 Å². The van der Waals surface area contributed by atoms with Crippen molar-refractivity contribution in [3.63, 3.8) is 0 Å². The van der Waals surface area contributed by atoms with Gasteiger partial charge in [0.1, 0.15) is 4.88 Å². The second kappa shape index (κ2) is 7.23. The zero-order chi connectivity index (χ0) is 11.1. The Kier molecular flexibility index (Phi) is 7.17. The van der Waals surface area contributed by atoms with Crippen LogP contribution in [0.4, 0.5) is 0 Å². The Morgan fingerprint density at radius 2 is 2.00 bits per heavy atom. The maximum absolute atomic E-state index is 10.8. The van der Waals surface area contributed by atoms with E-state index in [1.165, 1.54) is 18.4 Å². The van der Waals surface area contributed by atoms with Crippen molar-refractivity contribution in [2.45, 2.75) is 6.92 Å². The van der Waals surface area contributed by atoms with Gasteiger partial charge in [0.25, 0.3) is 0 Å². The molecule has 1 heterocycles. The number of aryl methyl sites for hydroxylation is 1. The van der Waals surface area contributed by atoms with E-state index in [1.54, 1.807) is 6.07 Å². The Hall–Kier alpha value is -0.100. The first kappa shape index (κ1) is 13.9. The minimum absolute atomic E-state index is 0.252. The summed E-state index contributed by atoms with van der Waals surface area (Å²) in [4.78, 5) is 12.6. The van der Waals surface area contributed by atoms with Crippen LogP contribution in [0.2, 0.25) is 0 Å². The number of esters is 1. The molecule has 0 amide bonds. The first-order valence-corrected chi connectivity index (χ1v) is 6.98. The molecule has 0 N–H and O–H groups in total. The number of rotatable bonds is 1. The highest BCUT2D eigenvalue weighted by Crippen LogP contribution is 2.15. The number of methoxy groups -OCH3 is 1. The van der Waals surface area contributed by atoms with Gasteiger partial charge in [-0.05, 0) is 19.1 Å². The second-order valence-corrected chi connectivity index (χ2v) is 5.90.